The van der Waals surface area contributed by atoms with Gasteiger partial charge in [-0.15, -0.1) is 0 Å². The molecule has 2 aliphatic rings. The molecule has 2 fully saturated rings. The van der Waals surface area contributed by atoms with Crippen molar-refractivity contribution in [3.63, 3.8) is 0 Å². The second-order valence-electron chi connectivity index (χ2n) is 5.32. The summed E-state index contributed by atoms with van der Waals surface area (Å²) < 4.78 is 33.5. The molecule has 0 radical (unpaired) electrons. The van der Waals surface area contributed by atoms with Gasteiger partial charge in [-0.2, -0.15) is 17.0 Å². The molecule has 116 valence electrons. The average molecular weight is 306 g/mol. The number of hydrogen-bond acceptors (Lipinski definition) is 5. The lowest BCUT2D eigenvalue weighted by atomic mass is 10.2. The molecule has 3 unspecified atom stereocenters. The van der Waals surface area contributed by atoms with Gasteiger partial charge in [-0.1, -0.05) is 0 Å². The molecule has 0 bridgehead atoms. The summed E-state index contributed by atoms with van der Waals surface area (Å²) in [6, 6.07) is -0.831. The lowest BCUT2D eigenvalue weighted by Crippen LogP contribution is -2.63. The van der Waals surface area contributed by atoms with Crippen LogP contribution in [0.2, 0.25) is 0 Å². The number of carbonyl (C=O) groups is 1. The fourth-order valence-electron chi connectivity index (χ4n) is 2.67. The maximum Gasteiger partial charge on any atom is 0.282 e. The number of primary amides is 1. The molecule has 0 aliphatic carbocycles. The van der Waals surface area contributed by atoms with E-state index < -0.39 is 22.2 Å². The summed E-state index contributed by atoms with van der Waals surface area (Å²) in [4.78, 5) is 11.5. The number of ether oxygens (including phenoxy) is 1. The number of morpholine rings is 1. The molecule has 2 aliphatic heterocycles. The molecular formula is C11H22N4O4S. The van der Waals surface area contributed by atoms with Crippen LogP contribution in [0.3, 0.4) is 0 Å². The molecule has 2 heterocycles. The van der Waals surface area contributed by atoms with Gasteiger partial charge >= 0.3 is 0 Å². The molecule has 0 aromatic carbocycles. The van der Waals surface area contributed by atoms with Crippen LogP contribution in [0.4, 0.5) is 0 Å². The van der Waals surface area contributed by atoms with Gasteiger partial charge in [-0.25, -0.2) is 0 Å². The zero-order valence-corrected chi connectivity index (χ0v) is 12.6. The average Bonchev–Trinajstić information content (AvgIpc) is 2.37. The Hall–Kier alpha value is -0.740. The van der Waals surface area contributed by atoms with E-state index in [2.05, 4.69) is 5.32 Å². The highest BCUT2D eigenvalue weighted by molar-refractivity contribution is 7.86. The molecule has 0 spiro atoms. The second-order valence-corrected chi connectivity index (χ2v) is 7.20. The van der Waals surface area contributed by atoms with E-state index in [1.54, 1.807) is 0 Å². The van der Waals surface area contributed by atoms with Gasteiger partial charge < -0.3 is 15.8 Å². The van der Waals surface area contributed by atoms with Gasteiger partial charge in [0.25, 0.3) is 10.2 Å². The lowest BCUT2D eigenvalue weighted by molar-refractivity contribution is -0.122. The van der Waals surface area contributed by atoms with Gasteiger partial charge in [0.1, 0.15) is 6.04 Å². The number of hydrogen-bond donors (Lipinski definition) is 2. The zero-order chi connectivity index (χ0) is 14.9. The molecule has 3 atom stereocenters. The molecule has 2 saturated heterocycles. The first-order valence-electron chi connectivity index (χ1n) is 6.74. The van der Waals surface area contributed by atoms with Gasteiger partial charge in [-0.05, 0) is 13.8 Å². The molecule has 0 saturated carbocycles. The number of piperazine rings is 1. The standard InChI is InChI=1S/C11H22N4O4S/c1-8-6-14(7-9(2)19-8)20(17,18)15-4-3-13-5-10(15)11(12)16/h8-10,13H,3-7H2,1-2H3,(H2,12,16). The van der Waals surface area contributed by atoms with Crippen LogP contribution in [-0.2, 0) is 19.7 Å². The summed E-state index contributed by atoms with van der Waals surface area (Å²) in [7, 11) is -3.70. The maximum atomic E-state index is 12.7. The molecule has 1 amide bonds. The third-order valence-electron chi connectivity index (χ3n) is 3.53. The van der Waals surface area contributed by atoms with Crippen LogP contribution in [0.1, 0.15) is 13.8 Å². The predicted octanol–water partition coefficient (Wildman–Crippen LogP) is -1.90. The fraction of sp³-hybridized carbons (Fsp3) is 0.909. The van der Waals surface area contributed by atoms with Gasteiger partial charge in [-0.3, -0.25) is 4.79 Å². The summed E-state index contributed by atoms with van der Waals surface area (Å²) in [5.41, 5.74) is 5.31. The van der Waals surface area contributed by atoms with E-state index in [0.29, 0.717) is 19.6 Å². The third kappa shape index (κ3) is 3.12. The maximum absolute atomic E-state index is 12.7. The molecule has 9 heteroatoms. The molecule has 2 rings (SSSR count). The Morgan fingerprint density at radius 3 is 2.45 bits per heavy atom. The summed E-state index contributed by atoms with van der Waals surface area (Å²) in [5.74, 6) is -0.630. The number of rotatable bonds is 3. The van der Waals surface area contributed by atoms with Crippen molar-refractivity contribution in [2.45, 2.75) is 32.1 Å². The van der Waals surface area contributed by atoms with Crippen molar-refractivity contribution >= 4 is 16.1 Å². The second kappa shape index (κ2) is 5.94. The minimum absolute atomic E-state index is 0.163. The first kappa shape index (κ1) is 15.6. The monoisotopic (exact) mass is 306 g/mol. The highest BCUT2D eigenvalue weighted by atomic mass is 32.2. The van der Waals surface area contributed by atoms with Crippen LogP contribution in [0.15, 0.2) is 0 Å². The summed E-state index contributed by atoms with van der Waals surface area (Å²) in [6.07, 6.45) is -0.327. The highest BCUT2D eigenvalue weighted by Crippen LogP contribution is 2.20. The third-order valence-corrected chi connectivity index (χ3v) is 5.51. The lowest BCUT2D eigenvalue weighted by Gasteiger charge is -2.40. The SMILES string of the molecule is CC1CN(S(=O)(=O)N2CCNCC2C(N)=O)CC(C)O1. The first-order valence-corrected chi connectivity index (χ1v) is 8.14. The molecule has 20 heavy (non-hydrogen) atoms. The first-order chi connectivity index (χ1) is 9.32. The number of nitrogens with zero attached hydrogens (tertiary/aromatic N) is 2. The molecular weight excluding hydrogens is 284 g/mol. The Morgan fingerprint density at radius 1 is 1.30 bits per heavy atom. The molecule has 0 aromatic rings. The van der Waals surface area contributed by atoms with Crippen LogP contribution in [0.5, 0.6) is 0 Å². The van der Waals surface area contributed by atoms with Crippen molar-refractivity contribution < 1.29 is 17.9 Å². The van der Waals surface area contributed by atoms with Crippen LogP contribution < -0.4 is 11.1 Å². The van der Waals surface area contributed by atoms with E-state index in [1.165, 1.54) is 8.61 Å². The van der Waals surface area contributed by atoms with Crippen molar-refractivity contribution in [2.75, 3.05) is 32.7 Å². The number of nitrogens with two attached hydrogens (primary N) is 1. The van der Waals surface area contributed by atoms with Crippen molar-refractivity contribution in [1.29, 1.82) is 0 Å². The van der Waals surface area contributed by atoms with Crippen LogP contribution in [-0.4, -0.2) is 73.9 Å². The minimum atomic E-state index is -3.70. The van der Waals surface area contributed by atoms with Gasteiger partial charge in [0.15, 0.2) is 0 Å². The largest absolute Gasteiger partial charge is 0.373 e. The van der Waals surface area contributed by atoms with E-state index in [1.807, 2.05) is 13.8 Å². The van der Waals surface area contributed by atoms with Crippen molar-refractivity contribution in [2.24, 2.45) is 5.73 Å². The van der Waals surface area contributed by atoms with Crippen molar-refractivity contribution in [3.05, 3.63) is 0 Å². The van der Waals surface area contributed by atoms with E-state index >= 15 is 0 Å². The topological polar surface area (TPSA) is 105 Å². The summed E-state index contributed by atoms with van der Waals surface area (Å²) >= 11 is 0. The summed E-state index contributed by atoms with van der Waals surface area (Å²) in [6.45, 7) is 5.27. The molecule has 8 nitrogen and oxygen atoms in total. The molecule has 3 N–H and O–H groups in total. The molecule has 0 aromatic heterocycles. The van der Waals surface area contributed by atoms with Gasteiger partial charge in [0.05, 0.1) is 12.2 Å². The van der Waals surface area contributed by atoms with Crippen LogP contribution >= 0.6 is 0 Å². The Bertz CT molecular complexity index is 459. The fourth-order valence-corrected chi connectivity index (χ4v) is 4.59. The van der Waals surface area contributed by atoms with E-state index in [4.69, 9.17) is 10.5 Å². The van der Waals surface area contributed by atoms with Gasteiger partial charge in [0.2, 0.25) is 5.91 Å². The van der Waals surface area contributed by atoms with Crippen molar-refractivity contribution in [3.8, 4) is 0 Å². The number of carbonyl (C=O) groups excluding carboxylic acids is 1. The quantitative estimate of drug-likeness (QED) is 0.634. The van der Waals surface area contributed by atoms with E-state index in [0.717, 1.165) is 0 Å². The van der Waals surface area contributed by atoms with Crippen LogP contribution in [0, 0.1) is 0 Å². The number of amides is 1. The van der Waals surface area contributed by atoms with Gasteiger partial charge in [0, 0.05) is 32.7 Å². The number of nitrogens with one attached hydrogen (secondary N) is 1. The normalized spacial score (nSPS) is 34.0. The van der Waals surface area contributed by atoms with Crippen LogP contribution in [0.25, 0.3) is 0 Å². The zero-order valence-electron chi connectivity index (χ0n) is 11.8. The Kier molecular flexibility index (Phi) is 4.65. The Morgan fingerprint density at radius 2 is 1.90 bits per heavy atom. The van der Waals surface area contributed by atoms with Crippen molar-refractivity contribution in [1.82, 2.24) is 13.9 Å². The minimum Gasteiger partial charge on any atom is -0.373 e. The Labute approximate surface area is 119 Å². The van der Waals surface area contributed by atoms with E-state index in [-0.39, 0.29) is 25.3 Å². The predicted molar refractivity (Wildman–Crippen MR) is 73.1 cm³/mol. The Balaban J connectivity index is 2.21. The summed E-state index contributed by atoms with van der Waals surface area (Å²) in [5, 5.41) is 2.99. The van der Waals surface area contributed by atoms with E-state index in [9.17, 15) is 13.2 Å². The smallest absolute Gasteiger partial charge is 0.282 e. The highest BCUT2D eigenvalue weighted by Gasteiger charge is 2.41.